The van der Waals surface area contributed by atoms with Gasteiger partial charge in [0, 0.05) is 11.1 Å². The number of nitrogens with zero attached hydrogens (tertiary/aromatic N) is 1. The Hall–Kier alpha value is -2.14. The van der Waals surface area contributed by atoms with Crippen LogP contribution in [0.4, 0.5) is 0 Å². The molecule has 1 atom stereocenters. The van der Waals surface area contributed by atoms with E-state index >= 15 is 0 Å². The Labute approximate surface area is 124 Å². The average molecular weight is 288 g/mol. The largest absolute Gasteiger partial charge is 0.497 e. The zero-order valence-corrected chi connectivity index (χ0v) is 12.5. The molecule has 0 bridgehead atoms. The molecule has 5 heteroatoms. The lowest BCUT2D eigenvalue weighted by molar-refractivity contribution is 0.0916. The van der Waals surface area contributed by atoms with Crippen LogP contribution in [0.2, 0.25) is 0 Å². The zero-order chi connectivity index (χ0) is 15.4. The van der Waals surface area contributed by atoms with Crippen LogP contribution in [0.1, 0.15) is 29.4 Å². The molecule has 2 aromatic rings. The summed E-state index contributed by atoms with van der Waals surface area (Å²) in [6, 6.07) is 6.96. The van der Waals surface area contributed by atoms with Crippen molar-refractivity contribution in [2.45, 2.75) is 26.3 Å². The number of pyridine rings is 1. The molecule has 2 rings (SSSR count). The van der Waals surface area contributed by atoms with E-state index in [9.17, 15) is 9.90 Å². The second-order valence-corrected chi connectivity index (χ2v) is 4.96. The molecule has 0 spiro atoms. The number of nitrogens with one attached hydrogen (secondary N) is 1. The summed E-state index contributed by atoms with van der Waals surface area (Å²) in [7, 11) is 1.58. The number of hydrogen-bond acceptors (Lipinski definition) is 4. The number of aromatic nitrogens is 1. The monoisotopic (exact) mass is 288 g/mol. The van der Waals surface area contributed by atoms with Gasteiger partial charge >= 0.3 is 0 Å². The van der Waals surface area contributed by atoms with Crippen molar-refractivity contribution < 1.29 is 14.6 Å². The van der Waals surface area contributed by atoms with Crippen molar-refractivity contribution in [2.75, 3.05) is 13.7 Å². The predicted octanol–water partition coefficient (Wildman–Crippen LogP) is 2.05. The molecular weight excluding hydrogens is 268 g/mol. The van der Waals surface area contributed by atoms with Gasteiger partial charge in [0.05, 0.1) is 30.8 Å². The number of fused-ring (bicyclic) bond motifs is 1. The molecule has 1 heterocycles. The summed E-state index contributed by atoms with van der Waals surface area (Å²) >= 11 is 0. The van der Waals surface area contributed by atoms with Crippen LogP contribution in [0.25, 0.3) is 10.9 Å². The Kier molecular flexibility index (Phi) is 4.75. The SMILES string of the molecule is CCC(CO)NC(=O)c1cc(C)nc2ccc(OC)cc12. The van der Waals surface area contributed by atoms with Crippen molar-refractivity contribution >= 4 is 16.8 Å². The lowest BCUT2D eigenvalue weighted by Gasteiger charge is -2.15. The topological polar surface area (TPSA) is 71.5 Å². The molecule has 0 aliphatic heterocycles. The van der Waals surface area contributed by atoms with Gasteiger partial charge in [-0.05, 0) is 37.6 Å². The van der Waals surface area contributed by atoms with Crippen LogP contribution in [0, 0.1) is 6.92 Å². The summed E-state index contributed by atoms with van der Waals surface area (Å²) in [6.07, 6.45) is 0.674. The van der Waals surface area contributed by atoms with Gasteiger partial charge in [0.15, 0.2) is 0 Å². The van der Waals surface area contributed by atoms with Crippen LogP contribution in [0.15, 0.2) is 24.3 Å². The minimum atomic E-state index is -0.244. The second kappa shape index (κ2) is 6.54. The third kappa shape index (κ3) is 3.31. The Bertz CT molecular complexity index is 651. The minimum Gasteiger partial charge on any atom is -0.497 e. The fourth-order valence-electron chi connectivity index (χ4n) is 2.19. The van der Waals surface area contributed by atoms with Crippen LogP contribution < -0.4 is 10.1 Å². The quantitative estimate of drug-likeness (QED) is 0.883. The first-order chi connectivity index (χ1) is 10.1. The molecule has 1 unspecified atom stereocenters. The summed E-state index contributed by atoms with van der Waals surface area (Å²) in [6.45, 7) is 3.69. The highest BCUT2D eigenvalue weighted by molar-refractivity contribution is 6.06. The van der Waals surface area contributed by atoms with E-state index in [0.29, 0.717) is 17.7 Å². The molecule has 0 aliphatic rings. The van der Waals surface area contributed by atoms with Crippen LogP contribution in [-0.4, -0.2) is 35.8 Å². The predicted molar refractivity (Wildman–Crippen MR) is 81.7 cm³/mol. The molecule has 21 heavy (non-hydrogen) atoms. The number of aliphatic hydroxyl groups is 1. The fraction of sp³-hybridized carbons (Fsp3) is 0.375. The molecule has 1 amide bonds. The maximum Gasteiger partial charge on any atom is 0.252 e. The first-order valence-electron chi connectivity index (χ1n) is 6.96. The molecule has 0 radical (unpaired) electrons. The molecule has 0 fully saturated rings. The van der Waals surface area contributed by atoms with Crippen molar-refractivity contribution in [3.8, 4) is 5.75 Å². The number of amides is 1. The molecule has 0 saturated carbocycles. The number of carbonyl (C=O) groups excluding carboxylic acids is 1. The number of benzene rings is 1. The van der Waals surface area contributed by atoms with E-state index in [2.05, 4.69) is 10.3 Å². The molecule has 1 aromatic heterocycles. The fourth-order valence-corrected chi connectivity index (χ4v) is 2.19. The lowest BCUT2D eigenvalue weighted by Crippen LogP contribution is -2.37. The van der Waals surface area contributed by atoms with Crippen LogP contribution in [0.3, 0.4) is 0 Å². The van der Waals surface area contributed by atoms with Gasteiger partial charge in [0.2, 0.25) is 0 Å². The van der Waals surface area contributed by atoms with Crippen molar-refractivity contribution in [1.82, 2.24) is 10.3 Å². The Balaban J connectivity index is 2.48. The maximum atomic E-state index is 12.4. The highest BCUT2D eigenvalue weighted by atomic mass is 16.5. The van der Waals surface area contributed by atoms with Gasteiger partial charge < -0.3 is 15.2 Å². The number of methoxy groups -OCH3 is 1. The number of aliphatic hydroxyl groups excluding tert-OH is 1. The maximum absolute atomic E-state index is 12.4. The first kappa shape index (κ1) is 15.3. The van der Waals surface area contributed by atoms with Crippen molar-refractivity contribution in [3.05, 3.63) is 35.5 Å². The molecule has 1 aromatic carbocycles. The number of aryl methyl sites for hydroxylation is 1. The van der Waals surface area contributed by atoms with Gasteiger partial charge in [-0.25, -0.2) is 0 Å². The Morgan fingerprint density at radius 2 is 2.19 bits per heavy atom. The Morgan fingerprint density at radius 1 is 1.43 bits per heavy atom. The second-order valence-electron chi connectivity index (χ2n) is 4.96. The Morgan fingerprint density at radius 3 is 2.81 bits per heavy atom. The number of ether oxygens (including phenoxy) is 1. The standard InChI is InChI=1S/C16H20N2O3/c1-4-11(9-19)18-16(20)14-7-10(2)17-15-6-5-12(21-3)8-13(14)15/h5-8,11,19H,4,9H2,1-3H3,(H,18,20). The van der Waals surface area contributed by atoms with E-state index in [1.165, 1.54) is 0 Å². The highest BCUT2D eigenvalue weighted by Crippen LogP contribution is 2.23. The third-order valence-corrected chi connectivity index (χ3v) is 3.44. The summed E-state index contributed by atoms with van der Waals surface area (Å²) in [5, 5.41) is 12.8. The summed E-state index contributed by atoms with van der Waals surface area (Å²) in [5.74, 6) is 0.469. The molecule has 0 saturated heterocycles. The van der Waals surface area contributed by atoms with Crippen LogP contribution in [-0.2, 0) is 0 Å². The van der Waals surface area contributed by atoms with Crippen molar-refractivity contribution in [1.29, 1.82) is 0 Å². The number of rotatable bonds is 5. The smallest absolute Gasteiger partial charge is 0.252 e. The average Bonchev–Trinajstić information content (AvgIpc) is 2.51. The third-order valence-electron chi connectivity index (χ3n) is 3.44. The summed E-state index contributed by atoms with van der Waals surface area (Å²) < 4.78 is 5.21. The lowest BCUT2D eigenvalue weighted by atomic mass is 10.1. The van der Waals surface area contributed by atoms with Gasteiger partial charge in [-0.3, -0.25) is 9.78 Å². The highest BCUT2D eigenvalue weighted by Gasteiger charge is 2.15. The van der Waals surface area contributed by atoms with E-state index < -0.39 is 0 Å². The van der Waals surface area contributed by atoms with Crippen LogP contribution >= 0.6 is 0 Å². The first-order valence-corrected chi connectivity index (χ1v) is 6.96. The number of carbonyl (C=O) groups is 1. The van der Waals surface area contributed by atoms with E-state index in [0.717, 1.165) is 16.6 Å². The summed E-state index contributed by atoms with van der Waals surface area (Å²) in [5.41, 5.74) is 2.07. The van der Waals surface area contributed by atoms with Crippen molar-refractivity contribution in [3.63, 3.8) is 0 Å². The molecule has 2 N–H and O–H groups in total. The molecule has 0 aliphatic carbocycles. The van der Waals surface area contributed by atoms with Gasteiger partial charge in [-0.1, -0.05) is 6.92 Å². The van der Waals surface area contributed by atoms with Gasteiger partial charge in [0.25, 0.3) is 5.91 Å². The van der Waals surface area contributed by atoms with E-state index in [1.54, 1.807) is 19.2 Å². The van der Waals surface area contributed by atoms with Gasteiger partial charge in [0.1, 0.15) is 5.75 Å². The molecular formula is C16H20N2O3. The normalized spacial score (nSPS) is 12.2. The number of hydrogen-bond donors (Lipinski definition) is 2. The van der Waals surface area contributed by atoms with E-state index in [1.807, 2.05) is 26.0 Å². The minimum absolute atomic E-state index is 0.0758. The van der Waals surface area contributed by atoms with E-state index in [-0.39, 0.29) is 18.6 Å². The van der Waals surface area contributed by atoms with Gasteiger partial charge in [-0.15, -0.1) is 0 Å². The zero-order valence-electron chi connectivity index (χ0n) is 12.5. The van der Waals surface area contributed by atoms with Crippen LogP contribution in [0.5, 0.6) is 5.75 Å². The van der Waals surface area contributed by atoms with Crippen molar-refractivity contribution in [2.24, 2.45) is 0 Å². The van der Waals surface area contributed by atoms with Gasteiger partial charge in [-0.2, -0.15) is 0 Å². The molecule has 112 valence electrons. The van der Waals surface area contributed by atoms with E-state index in [4.69, 9.17) is 4.74 Å². The molecule has 5 nitrogen and oxygen atoms in total. The summed E-state index contributed by atoms with van der Waals surface area (Å²) in [4.78, 5) is 16.9.